The largest absolute Gasteiger partial charge is 0.439 e. The molecule has 12 nitrogen and oxygen atoms in total. The zero-order chi connectivity index (χ0) is 26.9. The van der Waals surface area contributed by atoms with Gasteiger partial charge in [0.1, 0.15) is 11.8 Å². The molecule has 0 aliphatic heterocycles. The number of aromatic amines is 1. The molecule has 0 unspecified atom stereocenters. The van der Waals surface area contributed by atoms with Crippen LogP contribution in [-0.2, 0) is 13.1 Å². The molecule has 1 atom stereocenters. The monoisotopic (exact) mass is 532 g/mol. The van der Waals surface area contributed by atoms with Crippen LogP contribution in [-0.4, -0.2) is 52.7 Å². The van der Waals surface area contributed by atoms with Crippen LogP contribution in [0, 0.1) is 17.8 Å². The average molecular weight is 533 g/mol. The quantitative estimate of drug-likeness (QED) is 0.324. The van der Waals surface area contributed by atoms with Crippen molar-refractivity contribution in [3.05, 3.63) is 34.8 Å². The van der Waals surface area contributed by atoms with Crippen LogP contribution < -0.4 is 16.0 Å². The summed E-state index contributed by atoms with van der Waals surface area (Å²) in [5.41, 5.74) is 2.33. The number of fused-ring (bicyclic) bond motifs is 1. The Kier molecular flexibility index (Phi) is 7.01. The maximum absolute atomic E-state index is 11.7. The normalized spacial score (nSPS) is 20.6. The van der Waals surface area contributed by atoms with E-state index in [0.29, 0.717) is 29.8 Å². The lowest BCUT2D eigenvalue weighted by Crippen LogP contribution is -2.31. The Hall–Kier alpha value is -3.83. The molecule has 39 heavy (non-hydrogen) atoms. The second-order valence-electron chi connectivity index (χ2n) is 11.3. The van der Waals surface area contributed by atoms with E-state index in [1.54, 1.807) is 12.5 Å². The Morgan fingerprint density at radius 2 is 2.00 bits per heavy atom. The number of nitrogens with zero attached hydrogens (tertiary/aromatic N) is 8. The average Bonchev–Trinajstić information content (AvgIpc) is 3.49. The van der Waals surface area contributed by atoms with Gasteiger partial charge in [0, 0.05) is 25.8 Å². The van der Waals surface area contributed by atoms with Crippen LogP contribution in [0.2, 0.25) is 0 Å². The summed E-state index contributed by atoms with van der Waals surface area (Å²) in [7, 11) is 2.02. The number of nitrogens with one attached hydrogen (secondary N) is 2. The summed E-state index contributed by atoms with van der Waals surface area (Å²) in [5.74, 6) is 3.25. The second-order valence-corrected chi connectivity index (χ2v) is 11.3. The predicted octanol–water partition coefficient (Wildman–Crippen LogP) is 4.02. The molecule has 4 heterocycles. The van der Waals surface area contributed by atoms with Gasteiger partial charge in [0.15, 0.2) is 11.5 Å². The minimum atomic E-state index is -0.645. The fourth-order valence-electron chi connectivity index (χ4n) is 5.79. The number of H-pyrrole nitrogens is 1. The summed E-state index contributed by atoms with van der Waals surface area (Å²) in [6.45, 7) is 5.96. The van der Waals surface area contributed by atoms with Crippen molar-refractivity contribution in [2.45, 2.75) is 77.9 Å². The summed E-state index contributed by atoms with van der Waals surface area (Å²) in [5, 5.41) is 7.53. The number of imidazole rings is 1. The molecule has 0 radical (unpaired) electrons. The maximum atomic E-state index is 11.7. The first kappa shape index (κ1) is 25.4. The summed E-state index contributed by atoms with van der Waals surface area (Å²) in [6, 6.07) is 2.15. The lowest BCUT2D eigenvalue weighted by molar-refractivity contribution is 0.267. The summed E-state index contributed by atoms with van der Waals surface area (Å²) < 4.78 is 7.03. The van der Waals surface area contributed by atoms with E-state index in [-0.39, 0.29) is 17.7 Å². The van der Waals surface area contributed by atoms with Crippen molar-refractivity contribution < 1.29 is 4.52 Å². The number of aromatic nitrogens is 8. The maximum Gasteiger partial charge on any atom is 0.439 e. The fourth-order valence-corrected chi connectivity index (χ4v) is 5.79. The molecule has 4 aromatic heterocycles. The molecule has 0 saturated heterocycles. The Morgan fingerprint density at radius 3 is 2.67 bits per heavy atom. The van der Waals surface area contributed by atoms with Crippen LogP contribution in [0.25, 0.3) is 22.8 Å². The first-order valence-electron chi connectivity index (χ1n) is 14.0. The van der Waals surface area contributed by atoms with Gasteiger partial charge in [-0.1, -0.05) is 31.3 Å². The van der Waals surface area contributed by atoms with Gasteiger partial charge in [-0.15, -0.1) is 0 Å². The van der Waals surface area contributed by atoms with Gasteiger partial charge in [0.25, 0.3) is 0 Å². The Bertz CT molecular complexity index is 1470. The lowest BCUT2D eigenvalue weighted by Gasteiger charge is -2.32. The van der Waals surface area contributed by atoms with Crippen molar-refractivity contribution in [1.82, 2.24) is 39.6 Å². The Balaban J connectivity index is 1.46. The summed E-state index contributed by atoms with van der Waals surface area (Å²) in [4.78, 5) is 39.5. The molecule has 0 amide bonds. The third-order valence-corrected chi connectivity index (χ3v) is 8.42. The minimum Gasteiger partial charge on any atom is -0.365 e. The van der Waals surface area contributed by atoms with Crippen LogP contribution in [0.5, 0.6) is 0 Å². The van der Waals surface area contributed by atoms with E-state index in [0.717, 1.165) is 29.6 Å². The van der Waals surface area contributed by atoms with Gasteiger partial charge in [-0.25, -0.2) is 24.7 Å². The molecular formula is C27H36N10O2. The third-order valence-electron chi connectivity index (χ3n) is 8.42. The second kappa shape index (κ2) is 10.7. The highest BCUT2D eigenvalue weighted by atomic mass is 16.5. The van der Waals surface area contributed by atoms with E-state index >= 15 is 0 Å². The summed E-state index contributed by atoms with van der Waals surface area (Å²) >= 11 is 0. The van der Waals surface area contributed by atoms with Crippen molar-refractivity contribution in [3.63, 3.8) is 0 Å². The van der Waals surface area contributed by atoms with Gasteiger partial charge >= 0.3 is 5.76 Å². The number of rotatable bonds is 9. The van der Waals surface area contributed by atoms with Crippen molar-refractivity contribution >= 4 is 22.9 Å². The molecule has 6 rings (SSSR count). The van der Waals surface area contributed by atoms with Crippen molar-refractivity contribution in [3.8, 4) is 11.6 Å². The number of hydrogen-bond acceptors (Lipinski definition) is 10. The SMILES string of the molecule is CC1CCC(Cn2c(N(C)Cc3ccncn3)nc3nc(-c4noc(=O)[nH]4)nc(N[C@H](C)C4CCC4)c32)CC1. The van der Waals surface area contributed by atoms with E-state index < -0.39 is 5.76 Å². The molecule has 2 N–H and O–H groups in total. The molecule has 0 spiro atoms. The van der Waals surface area contributed by atoms with Crippen LogP contribution >= 0.6 is 0 Å². The zero-order valence-electron chi connectivity index (χ0n) is 22.8. The zero-order valence-corrected chi connectivity index (χ0v) is 22.8. The number of anilines is 2. The van der Waals surface area contributed by atoms with Gasteiger partial charge in [-0.2, -0.15) is 4.98 Å². The molecular weight excluding hydrogens is 496 g/mol. The molecule has 0 aromatic carbocycles. The topological polar surface area (TPSA) is 144 Å². The highest BCUT2D eigenvalue weighted by Gasteiger charge is 2.29. The molecule has 12 heteroatoms. The fraction of sp³-hybridized carbons (Fsp3) is 0.593. The van der Waals surface area contributed by atoms with E-state index in [2.05, 4.69) is 48.7 Å². The van der Waals surface area contributed by atoms with E-state index in [1.807, 2.05) is 13.1 Å². The molecule has 2 aliphatic rings. The summed E-state index contributed by atoms with van der Waals surface area (Å²) in [6.07, 6.45) is 11.9. The van der Waals surface area contributed by atoms with Gasteiger partial charge < -0.3 is 14.8 Å². The van der Waals surface area contributed by atoms with Crippen molar-refractivity contribution in [1.29, 1.82) is 0 Å². The molecule has 2 fully saturated rings. The van der Waals surface area contributed by atoms with Crippen molar-refractivity contribution in [2.75, 3.05) is 17.3 Å². The van der Waals surface area contributed by atoms with Crippen LogP contribution in [0.15, 0.2) is 27.9 Å². The van der Waals surface area contributed by atoms with Crippen molar-refractivity contribution in [2.24, 2.45) is 17.8 Å². The first-order valence-corrected chi connectivity index (χ1v) is 14.0. The van der Waals surface area contributed by atoms with Crippen LogP contribution in [0.3, 0.4) is 0 Å². The van der Waals surface area contributed by atoms with Gasteiger partial charge in [-0.05, 0) is 56.4 Å². The molecule has 2 saturated carbocycles. The lowest BCUT2D eigenvalue weighted by atomic mass is 9.80. The molecule has 4 aromatic rings. The Labute approximate surface area is 226 Å². The molecule has 0 bridgehead atoms. The smallest absolute Gasteiger partial charge is 0.365 e. The van der Waals surface area contributed by atoms with E-state index in [1.165, 1.54) is 44.9 Å². The standard InChI is InChI=1S/C27H36N10O2/c1-16-7-9-18(10-8-16)13-37-21-22(30-17(2)19-5-4-6-19)31-24(25-34-27(38)39-35-25)32-23(21)33-26(37)36(3)14-20-11-12-28-15-29-20/h11-12,15-19H,4-10,13-14H2,1-3H3,(H,30,31,32)(H,34,35,38)/t16?,17-,18?/m1/s1. The predicted molar refractivity (Wildman–Crippen MR) is 147 cm³/mol. The molecule has 206 valence electrons. The van der Waals surface area contributed by atoms with Gasteiger partial charge in [-0.3, -0.25) is 9.51 Å². The van der Waals surface area contributed by atoms with E-state index in [9.17, 15) is 4.79 Å². The van der Waals surface area contributed by atoms with Gasteiger partial charge in [0.2, 0.25) is 17.6 Å². The highest BCUT2D eigenvalue weighted by molar-refractivity contribution is 5.87. The third kappa shape index (κ3) is 5.37. The Morgan fingerprint density at radius 1 is 1.18 bits per heavy atom. The van der Waals surface area contributed by atoms with Crippen LogP contribution in [0.4, 0.5) is 11.8 Å². The van der Waals surface area contributed by atoms with Crippen LogP contribution in [0.1, 0.15) is 64.5 Å². The molecule has 2 aliphatic carbocycles. The number of hydrogen-bond donors (Lipinski definition) is 2. The first-order chi connectivity index (χ1) is 18.9. The van der Waals surface area contributed by atoms with E-state index in [4.69, 9.17) is 19.5 Å². The minimum absolute atomic E-state index is 0.188. The van der Waals surface area contributed by atoms with Gasteiger partial charge in [0.05, 0.1) is 12.2 Å². The highest BCUT2D eigenvalue weighted by Crippen LogP contribution is 2.36.